The van der Waals surface area contributed by atoms with Gasteiger partial charge >= 0.3 is 5.97 Å². The van der Waals surface area contributed by atoms with E-state index in [9.17, 15) is 9.59 Å². The molecule has 1 aliphatic heterocycles. The molecule has 0 aromatic heterocycles. The minimum Gasteiger partial charge on any atom is -0.480 e. The largest absolute Gasteiger partial charge is 0.480 e. The average molecular weight is 278 g/mol. The van der Waals surface area contributed by atoms with Crippen molar-refractivity contribution in [2.45, 2.75) is 32.2 Å². The van der Waals surface area contributed by atoms with Gasteiger partial charge in [0.1, 0.15) is 6.04 Å². The van der Waals surface area contributed by atoms with Crippen molar-refractivity contribution in [3.8, 4) is 0 Å². The lowest BCUT2D eigenvalue weighted by molar-refractivity contribution is -0.148. The highest BCUT2D eigenvalue weighted by atomic mass is 79.9. The smallest absolute Gasteiger partial charge is 0.326 e. The predicted molar refractivity (Wildman–Crippen MR) is 59.9 cm³/mol. The topological polar surface area (TPSA) is 57.6 Å². The number of carbonyl (C=O) groups excluding carboxylic acids is 1. The molecule has 0 aromatic carbocycles. The van der Waals surface area contributed by atoms with Gasteiger partial charge in [0.25, 0.3) is 0 Å². The predicted octanol–water partition coefficient (Wildman–Crippen LogP) is 1.48. The number of amides is 1. The standard InChI is InChI=1S/C10H16BrNO3/c1-2-3-8(10(14)15)12-6-7(5-11)4-9(12)13/h7-8H,2-6H2,1H3,(H,14,15). The Labute approximate surface area is 97.8 Å². The van der Waals surface area contributed by atoms with Crippen molar-refractivity contribution < 1.29 is 14.7 Å². The highest BCUT2D eigenvalue weighted by molar-refractivity contribution is 9.09. The number of likely N-dealkylation sites (tertiary alicyclic amines) is 1. The number of halogens is 1. The molecule has 1 heterocycles. The van der Waals surface area contributed by atoms with Crippen LogP contribution in [0.5, 0.6) is 0 Å². The first-order chi connectivity index (χ1) is 7.10. The summed E-state index contributed by atoms with van der Waals surface area (Å²) >= 11 is 3.33. The fourth-order valence-corrected chi connectivity index (χ4v) is 2.33. The normalized spacial score (nSPS) is 23.2. The van der Waals surface area contributed by atoms with E-state index in [0.29, 0.717) is 19.4 Å². The number of rotatable bonds is 5. The van der Waals surface area contributed by atoms with Crippen LogP contribution in [0, 0.1) is 5.92 Å². The van der Waals surface area contributed by atoms with E-state index in [1.54, 1.807) is 0 Å². The van der Waals surface area contributed by atoms with Crippen molar-refractivity contribution in [2.24, 2.45) is 5.92 Å². The molecule has 1 rings (SSSR count). The second-order valence-electron chi connectivity index (χ2n) is 3.91. The number of carbonyl (C=O) groups is 2. The lowest BCUT2D eigenvalue weighted by Crippen LogP contribution is -2.42. The van der Waals surface area contributed by atoms with Gasteiger partial charge in [-0.3, -0.25) is 4.79 Å². The Hall–Kier alpha value is -0.580. The zero-order chi connectivity index (χ0) is 11.4. The Bertz CT molecular complexity index is 257. The van der Waals surface area contributed by atoms with Crippen LogP contribution in [-0.4, -0.2) is 39.8 Å². The summed E-state index contributed by atoms with van der Waals surface area (Å²) in [7, 11) is 0. The second kappa shape index (κ2) is 5.49. The van der Waals surface area contributed by atoms with E-state index in [4.69, 9.17) is 5.11 Å². The molecular formula is C10H16BrNO3. The van der Waals surface area contributed by atoms with Gasteiger partial charge in [0.2, 0.25) is 5.91 Å². The third kappa shape index (κ3) is 2.93. The summed E-state index contributed by atoms with van der Waals surface area (Å²) in [5.74, 6) is -0.656. The van der Waals surface area contributed by atoms with Crippen molar-refractivity contribution in [1.82, 2.24) is 4.90 Å². The minimum absolute atomic E-state index is 0.0275. The summed E-state index contributed by atoms with van der Waals surface area (Å²) in [4.78, 5) is 24.1. The summed E-state index contributed by atoms with van der Waals surface area (Å²) in [6, 6.07) is -0.633. The maximum Gasteiger partial charge on any atom is 0.326 e. The fraction of sp³-hybridized carbons (Fsp3) is 0.800. The van der Waals surface area contributed by atoms with Crippen LogP contribution in [0.4, 0.5) is 0 Å². The SMILES string of the molecule is CCCC(C(=O)O)N1CC(CBr)CC1=O. The zero-order valence-corrected chi connectivity index (χ0v) is 10.4. The molecule has 0 aromatic rings. The summed E-state index contributed by atoms with van der Waals surface area (Å²) in [5, 5.41) is 9.79. The number of aliphatic carboxylic acids is 1. The van der Waals surface area contributed by atoms with Gasteiger partial charge in [-0.1, -0.05) is 29.3 Å². The van der Waals surface area contributed by atoms with E-state index in [0.717, 1.165) is 11.8 Å². The van der Waals surface area contributed by atoms with Gasteiger partial charge in [0.15, 0.2) is 0 Å². The first kappa shape index (κ1) is 12.5. The molecule has 5 heteroatoms. The lowest BCUT2D eigenvalue weighted by Gasteiger charge is -2.24. The fourth-order valence-electron chi connectivity index (χ4n) is 1.90. The van der Waals surface area contributed by atoms with Crippen molar-refractivity contribution in [3.63, 3.8) is 0 Å². The Morgan fingerprint density at radius 3 is 2.80 bits per heavy atom. The van der Waals surface area contributed by atoms with E-state index in [1.165, 1.54) is 4.90 Å². The molecule has 2 unspecified atom stereocenters. The Balaban J connectivity index is 2.68. The van der Waals surface area contributed by atoms with Gasteiger partial charge in [-0.2, -0.15) is 0 Å². The van der Waals surface area contributed by atoms with Gasteiger partial charge in [-0.25, -0.2) is 4.79 Å². The molecule has 0 radical (unpaired) electrons. The summed E-state index contributed by atoms with van der Waals surface area (Å²) in [6.07, 6.45) is 1.79. The van der Waals surface area contributed by atoms with Crippen LogP contribution in [0.15, 0.2) is 0 Å². The monoisotopic (exact) mass is 277 g/mol. The van der Waals surface area contributed by atoms with Crippen LogP contribution in [0.25, 0.3) is 0 Å². The van der Waals surface area contributed by atoms with Gasteiger partial charge in [-0.15, -0.1) is 0 Å². The van der Waals surface area contributed by atoms with Gasteiger partial charge in [0, 0.05) is 18.3 Å². The number of carboxylic acids is 1. The van der Waals surface area contributed by atoms with Crippen LogP contribution in [0.3, 0.4) is 0 Å². The van der Waals surface area contributed by atoms with Gasteiger partial charge in [0.05, 0.1) is 0 Å². The molecule has 1 aliphatic rings. The molecule has 15 heavy (non-hydrogen) atoms. The molecule has 0 aliphatic carbocycles. The quantitative estimate of drug-likeness (QED) is 0.775. The maximum atomic E-state index is 11.6. The third-order valence-electron chi connectivity index (χ3n) is 2.68. The molecule has 1 fully saturated rings. The molecule has 0 spiro atoms. The Morgan fingerprint density at radius 2 is 2.40 bits per heavy atom. The average Bonchev–Trinajstić information content (AvgIpc) is 2.55. The molecule has 1 amide bonds. The van der Waals surface area contributed by atoms with Crippen LogP contribution in [-0.2, 0) is 9.59 Å². The van der Waals surface area contributed by atoms with E-state index >= 15 is 0 Å². The van der Waals surface area contributed by atoms with E-state index < -0.39 is 12.0 Å². The summed E-state index contributed by atoms with van der Waals surface area (Å²) in [6.45, 7) is 2.50. The Morgan fingerprint density at radius 1 is 1.73 bits per heavy atom. The molecule has 86 valence electrons. The highest BCUT2D eigenvalue weighted by Crippen LogP contribution is 2.23. The lowest BCUT2D eigenvalue weighted by atomic mass is 10.1. The van der Waals surface area contributed by atoms with Crippen molar-refractivity contribution in [1.29, 1.82) is 0 Å². The molecule has 4 nitrogen and oxygen atoms in total. The number of carboxylic acid groups (broad SMARTS) is 1. The van der Waals surface area contributed by atoms with Gasteiger partial charge in [-0.05, 0) is 12.3 Å². The Kier molecular flexibility index (Phi) is 4.57. The third-order valence-corrected chi connectivity index (χ3v) is 3.60. The van der Waals surface area contributed by atoms with E-state index in [2.05, 4.69) is 15.9 Å². The van der Waals surface area contributed by atoms with Crippen LogP contribution in [0.2, 0.25) is 0 Å². The first-order valence-corrected chi connectivity index (χ1v) is 6.30. The molecular weight excluding hydrogens is 262 g/mol. The van der Waals surface area contributed by atoms with Gasteiger partial charge < -0.3 is 10.0 Å². The van der Waals surface area contributed by atoms with Crippen LogP contribution >= 0.6 is 15.9 Å². The molecule has 1 saturated heterocycles. The first-order valence-electron chi connectivity index (χ1n) is 5.18. The van der Waals surface area contributed by atoms with Crippen molar-refractivity contribution in [2.75, 3.05) is 11.9 Å². The summed E-state index contributed by atoms with van der Waals surface area (Å²) < 4.78 is 0. The second-order valence-corrected chi connectivity index (χ2v) is 4.56. The molecule has 0 bridgehead atoms. The molecule has 2 atom stereocenters. The van der Waals surface area contributed by atoms with E-state index in [1.807, 2.05) is 6.92 Å². The summed E-state index contributed by atoms with van der Waals surface area (Å²) in [5.41, 5.74) is 0. The van der Waals surface area contributed by atoms with Crippen LogP contribution in [0.1, 0.15) is 26.2 Å². The van der Waals surface area contributed by atoms with Crippen molar-refractivity contribution in [3.05, 3.63) is 0 Å². The maximum absolute atomic E-state index is 11.6. The zero-order valence-electron chi connectivity index (χ0n) is 8.78. The van der Waals surface area contributed by atoms with Crippen LogP contribution < -0.4 is 0 Å². The van der Waals surface area contributed by atoms with Crippen molar-refractivity contribution >= 4 is 27.8 Å². The number of nitrogens with zero attached hydrogens (tertiary/aromatic N) is 1. The molecule has 1 N–H and O–H groups in total. The molecule has 0 saturated carbocycles. The number of hydrogen-bond donors (Lipinski definition) is 1. The van der Waals surface area contributed by atoms with E-state index in [-0.39, 0.29) is 11.8 Å². The highest BCUT2D eigenvalue weighted by Gasteiger charge is 2.36. The number of alkyl halides is 1. The minimum atomic E-state index is -0.888. The number of hydrogen-bond acceptors (Lipinski definition) is 2.